The molecule has 1 aromatic carbocycles. The van der Waals surface area contributed by atoms with Gasteiger partial charge in [0.2, 0.25) is 0 Å². The molecule has 0 atom stereocenters. The van der Waals surface area contributed by atoms with Gasteiger partial charge in [-0.3, -0.25) is 4.98 Å². The molecule has 2 rings (SSSR count). The molecule has 0 bridgehead atoms. The molecule has 0 aliphatic rings. The molecule has 0 N–H and O–H groups in total. The lowest BCUT2D eigenvalue weighted by molar-refractivity contribution is 0.418. The standard InChI is InChI=1S/C13H12N2O/c1-8-4-9(2)12-11(5-8)15-7-10(6-14)13(12)16-3/h4-5,7H,1-3H3. The summed E-state index contributed by atoms with van der Waals surface area (Å²) in [6, 6.07) is 6.15. The molecule has 16 heavy (non-hydrogen) atoms. The van der Waals surface area contributed by atoms with Crippen molar-refractivity contribution in [3.05, 3.63) is 35.0 Å². The SMILES string of the molecule is COc1c(C#N)cnc2cc(C)cc(C)c12. The van der Waals surface area contributed by atoms with Crippen molar-refractivity contribution in [3.8, 4) is 11.8 Å². The molecule has 0 saturated carbocycles. The monoisotopic (exact) mass is 212 g/mol. The minimum absolute atomic E-state index is 0.474. The molecule has 2 aromatic rings. The Balaban J connectivity index is 2.93. The highest BCUT2D eigenvalue weighted by Gasteiger charge is 2.11. The normalized spacial score (nSPS) is 10.1. The zero-order valence-corrected chi connectivity index (χ0v) is 9.53. The van der Waals surface area contributed by atoms with E-state index in [-0.39, 0.29) is 0 Å². The largest absolute Gasteiger partial charge is 0.495 e. The summed E-state index contributed by atoms with van der Waals surface area (Å²) in [6.07, 6.45) is 1.56. The van der Waals surface area contributed by atoms with E-state index in [0.29, 0.717) is 11.3 Å². The van der Waals surface area contributed by atoms with Crippen molar-refractivity contribution in [2.45, 2.75) is 13.8 Å². The number of rotatable bonds is 1. The number of ether oxygens (including phenoxy) is 1. The highest BCUT2D eigenvalue weighted by molar-refractivity contribution is 5.90. The smallest absolute Gasteiger partial charge is 0.147 e. The van der Waals surface area contributed by atoms with Crippen LogP contribution in [0.2, 0.25) is 0 Å². The fourth-order valence-corrected chi connectivity index (χ4v) is 1.96. The minimum atomic E-state index is 0.474. The van der Waals surface area contributed by atoms with Gasteiger partial charge in [-0.2, -0.15) is 5.26 Å². The molecule has 0 unspecified atom stereocenters. The van der Waals surface area contributed by atoms with Crippen molar-refractivity contribution in [2.75, 3.05) is 7.11 Å². The van der Waals surface area contributed by atoms with Crippen LogP contribution in [0.15, 0.2) is 18.3 Å². The molecule has 1 aromatic heterocycles. The van der Waals surface area contributed by atoms with Crippen molar-refractivity contribution in [1.82, 2.24) is 4.98 Å². The second-order valence-corrected chi connectivity index (χ2v) is 3.79. The zero-order chi connectivity index (χ0) is 11.7. The second-order valence-electron chi connectivity index (χ2n) is 3.79. The van der Waals surface area contributed by atoms with Crippen molar-refractivity contribution in [2.24, 2.45) is 0 Å². The fourth-order valence-electron chi connectivity index (χ4n) is 1.96. The highest BCUT2D eigenvalue weighted by atomic mass is 16.5. The van der Waals surface area contributed by atoms with Crippen molar-refractivity contribution < 1.29 is 4.74 Å². The van der Waals surface area contributed by atoms with E-state index in [1.54, 1.807) is 13.3 Å². The van der Waals surface area contributed by atoms with E-state index in [1.165, 1.54) is 0 Å². The van der Waals surface area contributed by atoms with E-state index in [2.05, 4.69) is 17.1 Å². The number of aromatic nitrogens is 1. The number of nitrogens with zero attached hydrogens (tertiary/aromatic N) is 2. The van der Waals surface area contributed by atoms with Gasteiger partial charge in [-0.05, 0) is 31.0 Å². The number of aryl methyl sites for hydroxylation is 2. The number of hydrogen-bond donors (Lipinski definition) is 0. The van der Waals surface area contributed by atoms with Crippen molar-refractivity contribution in [3.63, 3.8) is 0 Å². The molecule has 1 heterocycles. The van der Waals surface area contributed by atoms with E-state index < -0.39 is 0 Å². The minimum Gasteiger partial charge on any atom is -0.495 e. The molecule has 0 radical (unpaired) electrons. The molecule has 3 nitrogen and oxygen atoms in total. The maximum atomic E-state index is 8.98. The Kier molecular flexibility index (Phi) is 2.49. The van der Waals surface area contributed by atoms with E-state index in [1.807, 2.05) is 19.9 Å². The third-order valence-corrected chi connectivity index (χ3v) is 2.59. The molecule has 0 spiro atoms. The van der Waals surface area contributed by atoms with Gasteiger partial charge in [-0.1, -0.05) is 6.07 Å². The number of pyridine rings is 1. The number of benzene rings is 1. The van der Waals surface area contributed by atoms with Gasteiger partial charge in [0.25, 0.3) is 0 Å². The summed E-state index contributed by atoms with van der Waals surface area (Å²) < 4.78 is 5.31. The van der Waals surface area contributed by atoms with E-state index in [4.69, 9.17) is 10.00 Å². The van der Waals surface area contributed by atoms with E-state index in [9.17, 15) is 0 Å². The van der Waals surface area contributed by atoms with Gasteiger partial charge in [0.1, 0.15) is 17.4 Å². The quantitative estimate of drug-likeness (QED) is 0.730. The van der Waals surface area contributed by atoms with Crippen LogP contribution >= 0.6 is 0 Å². The predicted molar refractivity (Wildman–Crippen MR) is 62.5 cm³/mol. The fraction of sp³-hybridized carbons (Fsp3) is 0.231. The Morgan fingerprint density at radius 1 is 1.31 bits per heavy atom. The first-order valence-electron chi connectivity index (χ1n) is 5.01. The maximum Gasteiger partial charge on any atom is 0.147 e. The van der Waals surface area contributed by atoms with Gasteiger partial charge in [0.15, 0.2) is 0 Å². The van der Waals surface area contributed by atoms with Crippen molar-refractivity contribution >= 4 is 10.9 Å². The molecule has 80 valence electrons. The predicted octanol–water partition coefficient (Wildman–Crippen LogP) is 2.73. The highest BCUT2D eigenvalue weighted by Crippen LogP contribution is 2.31. The Bertz CT molecular complexity index is 597. The van der Waals surface area contributed by atoms with Crippen LogP contribution in [-0.2, 0) is 0 Å². The van der Waals surface area contributed by atoms with Crippen LogP contribution in [0, 0.1) is 25.2 Å². The van der Waals surface area contributed by atoms with Crippen LogP contribution in [0.1, 0.15) is 16.7 Å². The van der Waals surface area contributed by atoms with E-state index in [0.717, 1.165) is 22.0 Å². The maximum absolute atomic E-state index is 8.98. The summed E-state index contributed by atoms with van der Waals surface area (Å²) in [5.74, 6) is 0.616. The average molecular weight is 212 g/mol. The lowest BCUT2D eigenvalue weighted by Gasteiger charge is -2.10. The first-order chi connectivity index (χ1) is 7.67. The van der Waals surface area contributed by atoms with E-state index >= 15 is 0 Å². The van der Waals surface area contributed by atoms with Crippen LogP contribution in [0.4, 0.5) is 0 Å². The molecule has 0 amide bonds. The summed E-state index contributed by atoms with van der Waals surface area (Å²) >= 11 is 0. The van der Waals surface area contributed by atoms with Crippen LogP contribution in [0.5, 0.6) is 5.75 Å². The summed E-state index contributed by atoms with van der Waals surface area (Å²) in [7, 11) is 1.58. The molecular formula is C13H12N2O. The van der Waals surface area contributed by atoms with Crippen LogP contribution < -0.4 is 4.74 Å². The van der Waals surface area contributed by atoms with Crippen LogP contribution in [0.3, 0.4) is 0 Å². The van der Waals surface area contributed by atoms with Gasteiger partial charge in [0.05, 0.1) is 12.6 Å². The lowest BCUT2D eigenvalue weighted by Crippen LogP contribution is -1.94. The Morgan fingerprint density at radius 3 is 2.69 bits per heavy atom. The number of fused-ring (bicyclic) bond motifs is 1. The summed E-state index contributed by atoms with van der Waals surface area (Å²) in [4.78, 5) is 4.28. The molecule has 3 heteroatoms. The molecular weight excluding hydrogens is 200 g/mol. The summed E-state index contributed by atoms with van der Waals surface area (Å²) in [5.41, 5.74) is 3.58. The lowest BCUT2D eigenvalue weighted by atomic mass is 10.0. The molecule has 0 aliphatic carbocycles. The summed E-state index contributed by atoms with van der Waals surface area (Å²) in [5, 5.41) is 9.91. The second kappa shape index (κ2) is 3.82. The first kappa shape index (κ1) is 10.4. The average Bonchev–Trinajstić information content (AvgIpc) is 2.27. The first-order valence-corrected chi connectivity index (χ1v) is 5.01. The number of methoxy groups -OCH3 is 1. The topological polar surface area (TPSA) is 45.9 Å². The van der Waals surface area contributed by atoms with Gasteiger partial charge in [0, 0.05) is 11.6 Å². The Morgan fingerprint density at radius 2 is 2.06 bits per heavy atom. The van der Waals surface area contributed by atoms with Crippen LogP contribution in [-0.4, -0.2) is 12.1 Å². The molecule has 0 aliphatic heterocycles. The van der Waals surface area contributed by atoms with Crippen molar-refractivity contribution in [1.29, 1.82) is 5.26 Å². The third kappa shape index (κ3) is 1.49. The van der Waals surface area contributed by atoms with Gasteiger partial charge < -0.3 is 4.74 Å². The van der Waals surface area contributed by atoms with Gasteiger partial charge in [-0.15, -0.1) is 0 Å². The number of nitriles is 1. The molecule has 0 fully saturated rings. The Hall–Kier alpha value is -2.08. The van der Waals surface area contributed by atoms with Crippen LogP contribution in [0.25, 0.3) is 10.9 Å². The van der Waals surface area contributed by atoms with Gasteiger partial charge in [-0.25, -0.2) is 0 Å². The van der Waals surface area contributed by atoms with Gasteiger partial charge >= 0.3 is 0 Å². The molecule has 0 saturated heterocycles. The number of hydrogen-bond acceptors (Lipinski definition) is 3. The Labute approximate surface area is 94.3 Å². The zero-order valence-electron chi connectivity index (χ0n) is 9.53. The summed E-state index contributed by atoms with van der Waals surface area (Å²) in [6.45, 7) is 4.03. The third-order valence-electron chi connectivity index (χ3n) is 2.59.